The van der Waals surface area contributed by atoms with Gasteiger partial charge in [-0.05, 0) is 67.8 Å². The van der Waals surface area contributed by atoms with Crippen molar-refractivity contribution >= 4 is 11.5 Å². The first kappa shape index (κ1) is 16.9. The summed E-state index contributed by atoms with van der Waals surface area (Å²) in [6.45, 7) is 2.11. The predicted octanol–water partition coefficient (Wildman–Crippen LogP) is 4.73. The molecule has 1 aromatic carbocycles. The van der Waals surface area contributed by atoms with E-state index in [-0.39, 0.29) is 5.82 Å². The van der Waals surface area contributed by atoms with Crippen LogP contribution in [0.3, 0.4) is 0 Å². The van der Waals surface area contributed by atoms with Crippen LogP contribution in [-0.4, -0.2) is 25.6 Å². The summed E-state index contributed by atoms with van der Waals surface area (Å²) in [6.07, 6.45) is 4.99. The normalized spacial score (nSPS) is 13.8. The van der Waals surface area contributed by atoms with Gasteiger partial charge in [-0.15, -0.1) is 0 Å². The zero-order chi connectivity index (χ0) is 19.1. The number of nitrogens with zero attached hydrogens (tertiary/aromatic N) is 4. The number of pyridine rings is 1. The number of nitrogens with one attached hydrogen (secondary N) is 1. The predicted molar refractivity (Wildman–Crippen MR) is 108 cm³/mol. The number of fused-ring (bicyclic) bond motifs is 1. The highest BCUT2D eigenvalue weighted by Gasteiger charge is 2.22. The molecular weight excluding hydrogens is 353 g/mol. The Morgan fingerprint density at radius 2 is 1.89 bits per heavy atom. The van der Waals surface area contributed by atoms with Crippen LogP contribution in [0.25, 0.3) is 28.0 Å². The molecule has 0 spiro atoms. The van der Waals surface area contributed by atoms with Crippen LogP contribution in [0.2, 0.25) is 0 Å². The van der Waals surface area contributed by atoms with Gasteiger partial charge < -0.3 is 5.32 Å². The zero-order valence-corrected chi connectivity index (χ0v) is 15.6. The summed E-state index contributed by atoms with van der Waals surface area (Å²) in [6, 6.07) is 15.1. The molecule has 6 heteroatoms. The highest BCUT2D eigenvalue weighted by molar-refractivity contribution is 5.82. The first-order valence-corrected chi connectivity index (χ1v) is 9.59. The molecule has 0 saturated heterocycles. The number of halogens is 1. The molecule has 1 saturated carbocycles. The van der Waals surface area contributed by atoms with Crippen molar-refractivity contribution in [1.82, 2.24) is 19.6 Å². The lowest BCUT2D eigenvalue weighted by atomic mass is 10.1. The third-order valence-electron chi connectivity index (χ3n) is 5.04. The minimum atomic E-state index is -0.251. The average Bonchev–Trinajstić information content (AvgIpc) is 3.42. The van der Waals surface area contributed by atoms with Crippen LogP contribution >= 0.6 is 0 Å². The minimum Gasteiger partial charge on any atom is -0.351 e. The third kappa shape index (κ3) is 3.11. The van der Waals surface area contributed by atoms with E-state index in [1.807, 2.05) is 16.6 Å². The summed E-state index contributed by atoms with van der Waals surface area (Å²) >= 11 is 0. The lowest BCUT2D eigenvalue weighted by molar-refractivity contribution is 0.628. The standard InChI is InChI=1S/C22H20FN5/c1-2-17-9-10-18(19-11-12-24-22(26-19)25-16-7-8-16)21-13-20(27-28(17)21)14-3-5-15(23)6-4-14/h3-6,9-13,16H,2,7-8H2,1H3,(H,24,25,26). The second-order valence-electron chi connectivity index (χ2n) is 7.11. The summed E-state index contributed by atoms with van der Waals surface area (Å²) < 4.78 is 15.3. The van der Waals surface area contributed by atoms with Crippen molar-refractivity contribution in [3.05, 3.63) is 66.2 Å². The Morgan fingerprint density at radius 3 is 2.64 bits per heavy atom. The third-order valence-corrected chi connectivity index (χ3v) is 5.04. The number of hydrogen-bond donors (Lipinski definition) is 1. The van der Waals surface area contributed by atoms with Crippen molar-refractivity contribution in [2.24, 2.45) is 0 Å². The van der Waals surface area contributed by atoms with Crippen molar-refractivity contribution in [2.75, 3.05) is 5.32 Å². The zero-order valence-electron chi connectivity index (χ0n) is 15.6. The molecule has 5 rings (SSSR count). The SMILES string of the molecule is CCc1ccc(-c2ccnc(NC3CC3)n2)c2cc(-c3ccc(F)cc3)nn12. The van der Waals surface area contributed by atoms with Crippen LogP contribution < -0.4 is 5.32 Å². The highest BCUT2D eigenvalue weighted by atomic mass is 19.1. The maximum Gasteiger partial charge on any atom is 0.223 e. The Morgan fingerprint density at radius 1 is 1.07 bits per heavy atom. The average molecular weight is 373 g/mol. The summed E-state index contributed by atoms with van der Waals surface area (Å²) in [7, 11) is 0. The smallest absolute Gasteiger partial charge is 0.223 e. The van der Waals surface area contributed by atoms with E-state index in [0.717, 1.165) is 40.1 Å². The number of anilines is 1. The monoisotopic (exact) mass is 373 g/mol. The summed E-state index contributed by atoms with van der Waals surface area (Å²) in [5, 5.41) is 8.14. The molecule has 0 amide bonds. The molecule has 0 radical (unpaired) electrons. The second kappa shape index (κ2) is 6.71. The van der Waals surface area contributed by atoms with Gasteiger partial charge in [0.1, 0.15) is 5.82 Å². The highest BCUT2D eigenvalue weighted by Crippen LogP contribution is 2.30. The quantitative estimate of drug-likeness (QED) is 0.549. The van der Waals surface area contributed by atoms with Crippen molar-refractivity contribution in [2.45, 2.75) is 32.2 Å². The summed E-state index contributed by atoms with van der Waals surface area (Å²) in [5.74, 6) is 0.412. The van der Waals surface area contributed by atoms with Gasteiger partial charge in [0.25, 0.3) is 0 Å². The van der Waals surface area contributed by atoms with E-state index in [1.54, 1.807) is 18.3 Å². The second-order valence-corrected chi connectivity index (χ2v) is 7.11. The molecule has 1 fully saturated rings. The molecule has 4 aromatic rings. The van der Waals surface area contributed by atoms with Gasteiger partial charge in [0.15, 0.2) is 0 Å². The van der Waals surface area contributed by atoms with Crippen molar-refractivity contribution < 1.29 is 4.39 Å². The molecule has 1 N–H and O–H groups in total. The van der Waals surface area contributed by atoms with Gasteiger partial charge in [0, 0.05) is 29.1 Å². The summed E-state index contributed by atoms with van der Waals surface area (Å²) in [5.41, 5.74) is 5.65. The molecule has 140 valence electrons. The Hall–Kier alpha value is -3.28. The van der Waals surface area contributed by atoms with Gasteiger partial charge in [-0.1, -0.05) is 6.92 Å². The molecule has 3 aromatic heterocycles. The molecule has 0 aliphatic heterocycles. The van der Waals surface area contributed by atoms with Crippen molar-refractivity contribution in [3.8, 4) is 22.5 Å². The lowest BCUT2D eigenvalue weighted by Gasteiger charge is -2.09. The Kier molecular flexibility index (Phi) is 4.04. The topological polar surface area (TPSA) is 55.1 Å². The van der Waals surface area contributed by atoms with E-state index < -0.39 is 0 Å². The molecule has 1 aliphatic carbocycles. The largest absolute Gasteiger partial charge is 0.351 e. The van der Waals surface area contributed by atoms with Gasteiger partial charge in [0.2, 0.25) is 5.95 Å². The van der Waals surface area contributed by atoms with Gasteiger partial charge in [0.05, 0.1) is 16.9 Å². The van der Waals surface area contributed by atoms with E-state index in [9.17, 15) is 4.39 Å². The van der Waals surface area contributed by atoms with Crippen LogP contribution in [0.5, 0.6) is 0 Å². The molecular formula is C22H20FN5. The fourth-order valence-corrected chi connectivity index (χ4v) is 3.36. The first-order valence-electron chi connectivity index (χ1n) is 9.59. The molecule has 0 unspecified atom stereocenters. The number of aryl methyl sites for hydroxylation is 1. The molecule has 3 heterocycles. The fourth-order valence-electron chi connectivity index (χ4n) is 3.36. The van der Waals surface area contributed by atoms with Crippen LogP contribution in [0, 0.1) is 5.82 Å². The number of hydrogen-bond acceptors (Lipinski definition) is 4. The van der Waals surface area contributed by atoms with E-state index in [1.165, 1.54) is 25.0 Å². The van der Waals surface area contributed by atoms with E-state index >= 15 is 0 Å². The first-order chi connectivity index (χ1) is 13.7. The maximum atomic E-state index is 13.3. The Labute approximate surface area is 162 Å². The van der Waals surface area contributed by atoms with Gasteiger partial charge in [-0.3, -0.25) is 0 Å². The minimum absolute atomic E-state index is 0.251. The van der Waals surface area contributed by atoms with Crippen molar-refractivity contribution in [3.63, 3.8) is 0 Å². The molecule has 0 atom stereocenters. The summed E-state index contributed by atoms with van der Waals surface area (Å²) in [4.78, 5) is 9.05. The number of benzene rings is 1. The van der Waals surface area contributed by atoms with E-state index in [2.05, 4.69) is 29.4 Å². The molecule has 0 bridgehead atoms. The van der Waals surface area contributed by atoms with Crippen LogP contribution in [0.4, 0.5) is 10.3 Å². The Bertz CT molecular complexity index is 1150. The van der Waals surface area contributed by atoms with E-state index in [0.29, 0.717) is 12.0 Å². The van der Waals surface area contributed by atoms with Gasteiger partial charge in [-0.25, -0.2) is 18.9 Å². The van der Waals surface area contributed by atoms with Gasteiger partial charge >= 0.3 is 0 Å². The molecule has 5 nitrogen and oxygen atoms in total. The molecule has 28 heavy (non-hydrogen) atoms. The van der Waals surface area contributed by atoms with Gasteiger partial charge in [-0.2, -0.15) is 5.10 Å². The Balaban J connectivity index is 1.64. The van der Waals surface area contributed by atoms with Crippen molar-refractivity contribution in [1.29, 1.82) is 0 Å². The van der Waals surface area contributed by atoms with Crippen LogP contribution in [0.1, 0.15) is 25.5 Å². The van der Waals surface area contributed by atoms with Crippen LogP contribution in [-0.2, 0) is 6.42 Å². The molecule has 1 aliphatic rings. The number of rotatable bonds is 5. The lowest BCUT2D eigenvalue weighted by Crippen LogP contribution is -2.06. The fraction of sp³-hybridized carbons (Fsp3) is 0.227. The maximum absolute atomic E-state index is 13.3. The van der Waals surface area contributed by atoms with E-state index in [4.69, 9.17) is 10.1 Å². The van der Waals surface area contributed by atoms with Crippen LogP contribution in [0.15, 0.2) is 54.7 Å². The number of aromatic nitrogens is 4.